The first kappa shape index (κ1) is 20.8. The molecule has 0 radical (unpaired) electrons. The highest BCUT2D eigenvalue weighted by Gasteiger charge is 2.29. The Hall–Kier alpha value is -2.48. The molecule has 0 bridgehead atoms. The zero-order valence-electron chi connectivity index (χ0n) is 15.5. The van der Waals surface area contributed by atoms with E-state index in [9.17, 15) is 22.0 Å². The molecule has 0 saturated heterocycles. The van der Waals surface area contributed by atoms with E-state index < -0.39 is 33.6 Å². The maximum absolute atomic E-state index is 13.5. The topological polar surface area (TPSA) is 66.5 Å². The first-order valence-electron chi connectivity index (χ1n) is 8.36. The van der Waals surface area contributed by atoms with Crippen LogP contribution in [0.1, 0.15) is 32.3 Å². The van der Waals surface area contributed by atoms with Crippen molar-refractivity contribution in [3.05, 3.63) is 59.7 Å². The van der Waals surface area contributed by atoms with Crippen molar-refractivity contribution >= 4 is 27.3 Å². The molecule has 2 aromatic carbocycles. The normalized spacial score (nSPS) is 12.7. The van der Waals surface area contributed by atoms with Crippen LogP contribution in [-0.4, -0.2) is 26.6 Å². The predicted octanol–water partition coefficient (Wildman–Crippen LogP) is 3.88. The predicted molar refractivity (Wildman–Crippen MR) is 102 cm³/mol. The highest BCUT2D eigenvalue weighted by Crippen LogP contribution is 2.24. The number of halogens is 2. The summed E-state index contributed by atoms with van der Waals surface area (Å²) in [6.45, 7) is 5.46. The van der Waals surface area contributed by atoms with E-state index in [0.29, 0.717) is 11.6 Å². The molecule has 0 aromatic heterocycles. The average Bonchev–Trinajstić information content (AvgIpc) is 2.57. The Morgan fingerprint density at radius 3 is 2.07 bits per heavy atom. The molecule has 1 amide bonds. The number of sulfonamides is 1. The number of rotatable bonds is 6. The van der Waals surface area contributed by atoms with E-state index in [4.69, 9.17) is 0 Å². The van der Waals surface area contributed by atoms with Crippen molar-refractivity contribution in [1.29, 1.82) is 0 Å². The fourth-order valence-corrected chi connectivity index (χ4v) is 3.80. The van der Waals surface area contributed by atoms with Crippen molar-refractivity contribution in [3.63, 3.8) is 0 Å². The van der Waals surface area contributed by atoms with Gasteiger partial charge in [0, 0.05) is 11.8 Å². The lowest BCUT2D eigenvalue weighted by Crippen LogP contribution is -2.45. The molecule has 146 valence electrons. The Morgan fingerprint density at radius 1 is 1.00 bits per heavy atom. The molecule has 0 saturated carbocycles. The third kappa shape index (κ3) is 5.03. The summed E-state index contributed by atoms with van der Waals surface area (Å²) in [7, 11) is -3.92. The van der Waals surface area contributed by atoms with Crippen LogP contribution in [0.25, 0.3) is 0 Å². The molecular weight excluding hydrogens is 374 g/mol. The number of carbonyl (C=O) groups excluding carboxylic acids is 1. The van der Waals surface area contributed by atoms with E-state index in [-0.39, 0.29) is 5.69 Å². The van der Waals surface area contributed by atoms with Crippen molar-refractivity contribution in [1.82, 2.24) is 0 Å². The molecule has 8 heteroatoms. The maximum atomic E-state index is 13.5. The van der Waals surface area contributed by atoms with Gasteiger partial charge in [-0.1, -0.05) is 26.0 Å². The molecule has 0 unspecified atom stereocenters. The minimum absolute atomic E-state index is 0.130. The lowest BCUT2D eigenvalue weighted by Gasteiger charge is -2.28. The smallest absolute Gasteiger partial charge is 0.247 e. The van der Waals surface area contributed by atoms with E-state index in [1.807, 2.05) is 26.0 Å². The van der Waals surface area contributed by atoms with Crippen molar-refractivity contribution in [2.45, 2.75) is 32.7 Å². The van der Waals surface area contributed by atoms with Gasteiger partial charge in [0.2, 0.25) is 15.9 Å². The maximum Gasteiger partial charge on any atom is 0.247 e. The van der Waals surface area contributed by atoms with E-state index in [2.05, 4.69) is 5.32 Å². The number of nitrogens with zero attached hydrogens (tertiary/aromatic N) is 1. The second-order valence-corrected chi connectivity index (χ2v) is 8.46. The fourth-order valence-electron chi connectivity index (χ4n) is 2.63. The van der Waals surface area contributed by atoms with Crippen LogP contribution in [0.5, 0.6) is 0 Å². The van der Waals surface area contributed by atoms with Crippen LogP contribution < -0.4 is 9.62 Å². The summed E-state index contributed by atoms with van der Waals surface area (Å²) < 4.78 is 51.8. The first-order chi connectivity index (χ1) is 12.5. The van der Waals surface area contributed by atoms with Gasteiger partial charge < -0.3 is 5.32 Å². The van der Waals surface area contributed by atoms with Gasteiger partial charge in [-0.15, -0.1) is 0 Å². The van der Waals surface area contributed by atoms with Crippen LogP contribution in [0.15, 0.2) is 42.5 Å². The molecule has 2 aromatic rings. The Kier molecular flexibility index (Phi) is 6.20. The standard InChI is InChI=1S/C19H22F2N2O3S/c1-12(2)14-5-7-15(8-6-14)22-19(24)13(3)23(27(4,25)26)16-9-10-17(20)18(21)11-16/h5-13H,1-4H3,(H,22,24)/t13-/m1/s1. The third-order valence-electron chi connectivity index (χ3n) is 4.09. The van der Waals surface area contributed by atoms with Gasteiger partial charge in [0.25, 0.3) is 0 Å². The van der Waals surface area contributed by atoms with Crippen LogP contribution in [0, 0.1) is 11.6 Å². The molecule has 0 aliphatic carbocycles. The molecule has 0 spiro atoms. The van der Waals surface area contributed by atoms with Crippen molar-refractivity contribution < 1.29 is 22.0 Å². The van der Waals surface area contributed by atoms with Crippen molar-refractivity contribution in [3.8, 4) is 0 Å². The van der Waals surface area contributed by atoms with Crippen LogP contribution in [-0.2, 0) is 14.8 Å². The zero-order valence-corrected chi connectivity index (χ0v) is 16.3. The Morgan fingerprint density at radius 2 is 1.59 bits per heavy atom. The third-order valence-corrected chi connectivity index (χ3v) is 5.33. The molecule has 5 nitrogen and oxygen atoms in total. The molecular formula is C19H22F2N2O3S. The van der Waals surface area contributed by atoms with Crippen LogP contribution >= 0.6 is 0 Å². The largest absolute Gasteiger partial charge is 0.324 e. The summed E-state index contributed by atoms with van der Waals surface area (Å²) >= 11 is 0. The number of benzene rings is 2. The number of carbonyl (C=O) groups is 1. The Labute approximate surface area is 158 Å². The van der Waals surface area contributed by atoms with Gasteiger partial charge in [0.05, 0.1) is 11.9 Å². The summed E-state index contributed by atoms with van der Waals surface area (Å²) in [6.07, 6.45) is 0.898. The summed E-state index contributed by atoms with van der Waals surface area (Å²) in [5.41, 5.74) is 1.48. The summed E-state index contributed by atoms with van der Waals surface area (Å²) in [5.74, 6) is -2.56. The lowest BCUT2D eigenvalue weighted by molar-refractivity contribution is -0.116. The Bertz CT molecular complexity index is 928. The zero-order chi connectivity index (χ0) is 20.4. The molecule has 2 rings (SSSR count). The van der Waals surface area contributed by atoms with Gasteiger partial charge in [-0.2, -0.15) is 0 Å². The summed E-state index contributed by atoms with van der Waals surface area (Å²) in [5, 5.41) is 2.64. The van der Waals surface area contributed by atoms with Crippen LogP contribution in [0.3, 0.4) is 0 Å². The van der Waals surface area contributed by atoms with E-state index in [1.54, 1.807) is 12.1 Å². The van der Waals surface area contributed by atoms with E-state index >= 15 is 0 Å². The van der Waals surface area contributed by atoms with Gasteiger partial charge in [0.15, 0.2) is 11.6 Å². The summed E-state index contributed by atoms with van der Waals surface area (Å²) in [6, 6.07) is 8.69. The fraction of sp³-hybridized carbons (Fsp3) is 0.316. The van der Waals surface area contributed by atoms with Crippen molar-refractivity contribution in [2.75, 3.05) is 15.9 Å². The second kappa shape index (κ2) is 8.04. The number of nitrogens with one attached hydrogen (secondary N) is 1. The van der Waals surface area contributed by atoms with Crippen molar-refractivity contribution in [2.24, 2.45) is 0 Å². The molecule has 27 heavy (non-hydrogen) atoms. The van der Waals surface area contributed by atoms with Gasteiger partial charge in [0.1, 0.15) is 6.04 Å². The number of anilines is 2. The van der Waals surface area contributed by atoms with Gasteiger partial charge >= 0.3 is 0 Å². The molecule has 1 atom stereocenters. The Balaban J connectivity index is 2.28. The lowest BCUT2D eigenvalue weighted by atomic mass is 10.0. The molecule has 0 aliphatic heterocycles. The quantitative estimate of drug-likeness (QED) is 0.806. The van der Waals surface area contributed by atoms with Gasteiger partial charge in [-0.25, -0.2) is 17.2 Å². The molecule has 0 aliphatic rings. The number of amides is 1. The van der Waals surface area contributed by atoms with E-state index in [1.165, 1.54) is 6.92 Å². The minimum Gasteiger partial charge on any atom is -0.324 e. The van der Waals surface area contributed by atoms with Gasteiger partial charge in [-0.05, 0) is 42.7 Å². The molecule has 1 N–H and O–H groups in total. The van der Waals surface area contributed by atoms with Gasteiger partial charge in [-0.3, -0.25) is 9.10 Å². The van der Waals surface area contributed by atoms with Crippen LogP contribution in [0.2, 0.25) is 0 Å². The average molecular weight is 396 g/mol. The SMILES string of the molecule is CC(C)c1ccc(NC(=O)[C@@H](C)N(c2ccc(F)c(F)c2)S(C)(=O)=O)cc1. The van der Waals surface area contributed by atoms with Crippen LogP contribution in [0.4, 0.5) is 20.2 Å². The van der Waals surface area contributed by atoms with E-state index in [0.717, 1.165) is 34.3 Å². The highest BCUT2D eigenvalue weighted by molar-refractivity contribution is 7.92. The monoisotopic (exact) mass is 396 g/mol. The number of hydrogen-bond donors (Lipinski definition) is 1. The highest BCUT2D eigenvalue weighted by atomic mass is 32.2. The number of hydrogen-bond acceptors (Lipinski definition) is 3. The first-order valence-corrected chi connectivity index (χ1v) is 10.2. The molecule has 0 heterocycles. The second-order valence-electron chi connectivity index (χ2n) is 6.60. The molecule has 0 fully saturated rings. The summed E-state index contributed by atoms with van der Waals surface area (Å²) in [4.78, 5) is 12.6. The minimum atomic E-state index is -3.92.